The molecule has 5 aliphatic rings. The number of aliphatic hydroxyl groups is 2. The summed E-state index contributed by atoms with van der Waals surface area (Å²) in [4.78, 5) is 15.6. The van der Waals surface area contributed by atoms with Gasteiger partial charge in [0.2, 0.25) is 0 Å². The van der Waals surface area contributed by atoms with E-state index in [1.807, 2.05) is 0 Å². The Kier molecular flexibility index (Phi) is 5.46. The lowest BCUT2D eigenvalue weighted by molar-refractivity contribution is -0.238. The zero-order valence-corrected chi connectivity index (χ0v) is 19.2. The number of hydrogen-bond acceptors (Lipinski definition) is 4. The van der Waals surface area contributed by atoms with E-state index in [-0.39, 0.29) is 36.3 Å². The molecule has 0 aromatic heterocycles. The Morgan fingerprint density at radius 2 is 1.84 bits per heavy atom. The molecule has 0 spiro atoms. The second-order valence-electron chi connectivity index (χ2n) is 11.7. The van der Waals surface area contributed by atoms with Crippen molar-refractivity contribution in [1.29, 1.82) is 0 Å². The van der Waals surface area contributed by atoms with Crippen molar-refractivity contribution in [2.75, 3.05) is 13.2 Å². The van der Waals surface area contributed by atoms with E-state index < -0.39 is 23.3 Å². The molecule has 2 heterocycles. The normalized spacial score (nSPS) is 52.6. The molecule has 5 nitrogen and oxygen atoms in total. The van der Waals surface area contributed by atoms with Crippen LogP contribution in [0.15, 0.2) is 0 Å². The first kappa shape index (κ1) is 22.1. The maximum absolute atomic E-state index is 14.7. The van der Waals surface area contributed by atoms with Gasteiger partial charge in [-0.15, -0.1) is 0 Å². The summed E-state index contributed by atoms with van der Waals surface area (Å²) in [6.45, 7) is 5.84. The van der Waals surface area contributed by atoms with Crippen molar-refractivity contribution in [3.63, 3.8) is 0 Å². The SMILES string of the molecule is C[C@]12CCC3[C@@H](CC[C@@]4(O)C[C@@H](O)[C@@H](F)C[C@]34C)[C@@H]1CCCN2C(=O)[C@H]1CCCCO1. The molecule has 3 saturated carbocycles. The number of carbonyl (C=O) groups is 1. The average molecular weight is 438 g/mol. The van der Waals surface area contributed by atoms with Crippen LogP contribution >= 0.6 is 0 Å². The number of piperidine rings is 1. The van der Waals surface area contributed by atoms with Crippen molar-refractivity contribution in [2.24, 2.45) is 23.2 Å². The monoisotopic (exact) mass is 437 g/mol. The Labute approximate surface area is 185 Å². The number of fused-ring (bicyclic) bond motifs is 5. The summed E-state index contributed by atoms with van der Waals surface area (Å²) in [5, 5.41) is 21.7. The molecule has 5 rings (SSSR count). The molecule has 2 saturated heterocycles. The number of amides is 1. The number of carbonyl (C=O) groups excluding carboxylic acids is 1. The number of aliphatic hydroxyl groups excluding tert-OH is 1. The van der Waals surface area contributed by atoms with Crippen LogP contribution < -0.4 is 0 Å². The predicted octanol–water partition coefficient (Wildman–Crippen LogP) is 3.60. The number of rotatable bonds is 1. The summed E-state index contributed by atoms with van der Waals surface area (Å²) >= 11 is 0. The maximum atomic E-state index is 14.7. The quantitative estimate of drug-likeness (QED) is 0.658. The smallest absolute Gasteiger partial charge is 0.252 e. The molecule has 5 fully saturated rings. The molecule has 0 aromatic carbocycles. The number of nitrogens with zero attached hydrogens (tertiary/aromatic N) is 1. The number of alkyl halides is 1. The fourth-order valence-corrected chi connectivity index (χ4v) is 8.57. The van der Waals surface area contributed by atoms with Crippen molar-refractivity contribution < 1.29 is 24.1 Å². The van der Waals surface area contributed by atoms with Crippen molar-refractivity contribution in [2.45, 2.75) is 114 Å². The second-order valence-corrected chi connectivity index (χ2v) is 11.7. The molecule has 1 unspecified atom stereocenters. The van der Waals surface area contributed by atoms with Gasteiger partial charge in [-0.2, -0.15) is 0 Å². The molecule has 0 aromatic rings. The van der Waals surface area contributed by atoms with Crippen LogP contribution in [-0.2, 0) is 9.53 Å². The Hall–Kier alpha value is -0.720. The van der Waals surface area contributed by atoms with Gasteiger partial charge in [0.1, 0.15) is 12.3 Å². The van der Waals surface area contributed by atoms with Crippen molar-refractivity contribution in [3.05, 3.63) is 0 Å². The van der Waals surface area contributed by atoms with E-state index in [1.54, 1.807) is 0 Å². The number of likely N-dealkylation sites (tertiary alicyclic amines) is 1. The Morgan fingerprint density at radius 3 is 2.58 bits per heavy atom. The third-order valence-electron chi connectivity index (χ3n) is 10.4. The highest BCUT2D eigenvalue weighted by Crippen LogP contribution is 2.65. The van der Waals surface area contributed by atoms with Gasteiger partial charge in [0, 0.05) is 30.5 Å². The fourth-order valence-electron chi connectivity index (χ4n) is 8.57. The molecular formula is C25H40FNO4. The van der Waals surface area contributed by atoms with Gasteiger partial charge in [-0.25, -0.2) is 4.39 Å². The molecule has 6 heteroatoms. The van der Waals surface area contributed by atoms with E-state index in [9.17, 15) is 19.4 Å². The van der Waals surface area contributed by atoms with Crippen LogP contribution in [0.25, 0.3) is 0 Å². The fraction of sp³-hybridized carbons (Fsp3) is 0.960. The molecule has 0 radical (unpaired) electrons. The minimum atomic E-state index is -1.26. The Balaban J connectivity index is 1.41. The maximum Gasteiger partial charge on any atom is 0.252 e. The molecule has 3 aliphatic carbocycles. The van der Waals surface area contributed by atoms with E-state index in [4.69, 9.17) is 4.74 Å². The highest BCUT2D eigenvalue weighted by atomic mass is 19.1. The molecule has 31 heavy (non-hydrogen) atoms. The van der Waals surface area contributed by atoms with Crippen LogP contribution in [0, 0.1) is 23.2 Å². The lowest BCUT2D eigenvalue weighted by Gasteiger charge is -2.66. The van der Waals surface area contributed by atoms with Crippen LogP contribution in [0.3, 0.4) is 0 Å². The van der Waals surface area contributed by atoms with Crippen molar-refractivity contribution in [1.82, 2.24) is 4.90 Å². The molecule has 2 aliphatic heterocycles. The first-order valence-corrected chi connectivity index (χ1v) is 12.7. The van der Waals surface area contributed by atoms with Gasteiger partial charge in [0.15, 0.2) is 0 Å². The number of ether oxygens (including phenoxy) is 1. The van der Waals surface area contributed by atoms with E-state index in [2.05, 4.69) is 18.7 Å². The minimum absolute atomic E-state index is 0.152. The van der Waals surface area contributed by atoms with E-state index in [0.29, 0.717) is 24.9 Å². The van der Waals surface area contributed by atoms with Gasteiger partial charge >= 0.3 is 0 Å². The first-order valence-electron chi connectivity index (χ1n) is 12.7. The summed E-state index contributed by atoms with van der Waals surface area (Å²) in [5.74, 6) is 1.21. The van der Waals surface area contributed by atoms with E-state index in [1.165, 1.54) is 0 Å². The summed E-state index contributed by atoms with van der Waals surface area (Å²) in [6.07, 6.45) is 6.18. The number of hydrogen-bond donors (Lipinski definition) is 2. The summed E-state index contributed by atoms with van der Waals surface area (Å²) in [6, 6.07) is 0. The van der Waals surface area contributed by atoms with Crippen molar-refractivity contribution in [3.8, 4) is 0 Å². The van der Waals surface area contributed by atoms with Gasteiger partial charge in [0.25, 0.3) is 5.91 Å². The standard InChI is InChI=1S/C25H40FNO4/c1-23-14-19(26)20(28)15-25(23,30)11-8-16-17(23)9-10-24(2)18(16)6-5-12-27(24)22(29)21-7-3-4-13-31-21/h16-21,28,30H,3-15H2,1-2H3/t16-,17?,18+,19+,20-,21-,23-,24+,25-/m1/s1. The highest BCUT2D eigenvalue weighted by molar-refractivity contribution is 5.82. The molecule has 0 bridgehead atoms. The predicted molar refractivity (Wildman–Crippen MR) is 115 cm³/mol. The molecule has 176 valence electrons. The third-order valence-corrected chi connectivity index (χ3v) is 10.4. The third kappa shape index (κ3) is 3.22. The van der Waals surface area contributed by atoms with Crippen LogP contribution in [0.4, 0.5) is 4.39 Å². The second kappa shape index (κ2) is 7.66. The molecule has 2 N–H and O–H groups in total. The molecule has 9 atom stereocenters. The minimum Gasteiger partial charge on any atom is -0.390 e. The number of halogens is 1. The zero-order chi connectivity index (χ0) is 22.0. The largest absolute Gasteiger partial charge is 0.390 e. The van der Waals surface area contributed by atoms with E-state index >= 15 is 0 Å². The van der Waals surface area contributed by atoms with Crippen LogP contribution in [0.5, 0.6) is 0 Å². The highest BCUT2D eigenvalue weighted by Gasteiger charge is 2.65. The summed E-state index contributed by atoms with van der Waals surface area (Å²) in [7, 11) is 0. The van der Waals surface area contributed by atoms with Crippen LogP contribution in [-0.4, -0.2) is 63.7 Å². The van der Waals surface area contributed by atoms with Gasteiger partial charge in [-0.05, 0) is 88.9 Å². The van der Waals surface area contributed by atoms with Gasteiger partial charge in [-0.1, -0.05) is 6.92 Å². The van der Waals surface area contributed by atoms with E-state index in [0.717, 1.165) is 57.9 Å². The first-order chi connectivity index (χ1) is 14.7. The van der Waals surface area contributed by atoms with Gasteiger partial charge < -0.3 is 19.8 Å². The molecule has 1 amide bonds. The van der Waals surface area contributed by atoms with Crippen LogP contribution in [0.1, 0.15) is 84.5 Å². The van der Waals surface area contributed by atoms with Gasteiger partial charge in [-0.3, -0.25) is 4.79 Å². The molecular weight excluding hydrogens is 397 g/mol. The average Bonchev–Trinajstić information content (AvgIpc) is 2.75. The summed E-state index contributed by atoms with van der Waals surface area (Å²) in [5.41, 5.74) is -1.66. The van der Waals surface area contributed by atoms with Gasteiger partial charge in [0.05, 0.1) is 11.7 Å². The Morgan fingerprint density at radius 1 is 1.03 bits per heavy atom. The Bertz CT molecular complexity index is 714. The van der Waals surface area contributed by atoms with Crippen molar-refractivity contribution >= 4 is 5.91 Å². The van der Waals surface area contributed by atoms with Crippen LogP contribution in [0.2, 0.25) is 0 Å². The topological polar surface area (TPSA) is 70.0 Å². The lowest BCUT2D eigenvalue weighted by atomic mass is 9.43. The lowest BCUT2D eigenvalue weighted by Crippen LogP contribution is -2.69. The zero-order valence-electron chi connectivity index (χ0n) is 19.2. The summed E-state index contributed by atoms with van der Waals surface area (Å²) < 4.78 is 20.5.